The van der Waals surface area contributed by atoms with E-state index in [0.29, 0.717) is 17.2 Å². The summed E-state index contributed by atoms with van der Waals surface area (Å²) in [5, 5.41) is 3.27. The Balaban J connectivity index is 1.57. The molecule has 162 valence electrons. The van der Waals surface area contributed by atoms with E-state index in [4.69, 9.17) is 14.2 Å². The van der Waals surface area contributed by atoms with Crippen LogP contribution in [-0.2, 0) is 11.3 Å². The van der Waals surface area contributed by atoms with Crippen molar-refractivity contribution in [3.05, 3.63) is 48.0 Å². The maximum atomic E-state index is 13.0. The van der Waals surface area contributed by atoms with Crippen LogP contribution in [0.1, 0.15) is 12.5 Å². The standard InChI is InChI=1S/C23H31N3O4/c1-17(24-19-14-20(28-2)22(30-4)21(15-19)29-3)23(27)26-12-10-25(11-13-26)16-18-8-6-5-7-9-18/h5-9,14-15,17,24H,10-13,16H2,1-4H3/t17-/m1/s1. The molecule has 1 saturated heterocycles. The lowest BCUT2D eigenvalue weighted by Crippen LogP contribution is -2.51. The number of amides is 1. The normalized spacial score (nSPS) is 15.4. The number of carbonyl (C=O) groups is 1. The molecule has 1 fully saturated rings. The van der Waals surface area contributed by atoms with E-state index in [-0.39, 0.29) is 11.9 Å². The van der Waals surface area contributed by atoms with Crippen LogP contribution >= 0.6 is 0 Å². The topological polar surface area (TPSA) is 63.3 Å². The third-order valence-electron chi connectivity index (χ3n) is 5.35. The van der Waals surface area contributed by atoms with Gasteiger partial charge in [-0.05, 0) is 12.5 Å². The van der Waals surface area contributed by atoms with Gasteiger partial charge in [0.05, 0.1) is 21.3 Å². The number of nitrogens with one attached hydrogen (secondary N) is 1. The summed E-state index contributed by atoms with van der Waals surface area (Å²) >= 11 is 0. The van der Waals surface area contributed by atoms with Crippen molar-refractivity contribution < 1.29 is 19.0 Å². The summed E-state index contributed by atoms with van der Waals surface area (Å²) in [6.07, 6.45) is 0. The molecule has 1 aliphatic rings. The van der Waals surface area contributed by atoms with Gasteiger partial charge in [-0.15, -0.1) is 0 Å². The number of hydrogen-bond donors (Lipinski definition) is 1. The molecule has 0 saturated carbocycles. The summed E-state index contributed by atoms with van der Waals surface area (Å²) in [5.41, 5.74) is 2.04. The Labute approximate surface area is 178 Å². The monoisotopic (exact) mass is 413 g/mol. The Kier molecular flexibility index (Phi) is 7.41. The molecule has 1 aliphatic heterocycles. The van der Waals surface area contributed by atoms with Crippen molar-refractivity contribution in [1.29, 1.82) is 0 Å². The van der Waals surface area contributed by atoms with Crippen LogP contribution in [0.4, 0.5) is 5.69 Å². The highest BCUT2D eigenvalue weighted by atomic mass is 16.5. The average Bonchev–Trinajstić information content (AvgIpc) is 2.79. The second-order valence-corrected chi connectivity index (χ2v) is 7.37. The van der Waals surface area contributed by atoms with Crippen LogP contribution in [0.3, 0.4) is 0 Å². The van der Waals surface area contributed by atoms with Gasteiger partial charge in [0.1, 0.15) is 6.04 Å². The molecule has 0 radical (unpaired) electrons. The van der Waals surface area contributed by atoms with Gasteiger partial charge < -0.3 is 24.4 Å². The summed E-state index contributed by atoms with van der Waals surface area (Å²) in [6.45, 7) is 6.00. The van der Waals surface area contributed by atoms with Crippen LogP contribution in [0, 0.1) is 0 Å². The van der Waals surface area contributed by atoms with Crippen LogP contribution in [0.2, 0.25) is 0 Å². The highest BCUT2D eigenvalue weighted by molar-refractivity contribution is 5.84. The maximum absolute atomic E-state index is 13.0. The van der Waals surface area contributed by atoms with Crippen molar-refractivity contribution in [2.45, 2.75) is 19.5 Å². The molecule has 1 N–H and O–H groups in total. The second-order valence-electron chi connectivity index (χ2n) is 7.37. The molecule has 0 bridgehead atoms. The first-order chi connectivity index (χ1) is 14.5. The van der Waals surface area contributed by atoms with Crippen molar-refractivity contribution in [2.24, 2.45) is 0 Å². The van der Waals surface area contributed by atoms with Crippen molar-refractivity contribution in [1.82, 2.24) is 9.80 Å². The fourth-order valence-corrected chi connectivity index (χ4v) is 3.72. The van der Waals surface area contributed by atoms with Gasteiger partial charge in [-0.25, -0.2) is 0 Å². The highest BCUT2D eigenvalue weighted by Gasteiger charge is 2.25. The Morgan fingerprint density at radius 1 is 0.967 bits per heavy atom. The van der Waals surface area contributed by atoms with E-state index in [1.807, 2.05) is 30.0 Å². The van der Waals surface area contributed by atoms with Gasteiger partial charge in [0.15, 0.2) is 11.5 Å². The van der Waals surface area contributed by atoms with Crippen LogP contribution in [0.5, 0.6) is 17.2 Å². The third kappa shape index (κ3) is 5.16. The number of methoxy groups -OCH3 is 3. The summed E-state index contributed by atoms with van der Waals surface area (Å²) < 4.78 is 16.1. The molecule has 0 aliphatic carbocycles. The number of benzene rings is 2. The second kappa shape index (κ2) is 10.2. The van der Waals surface area contributed by atoms with Gasteiger partial charge in [0.25, 0.3) is 0 Å². The Hall–Kier alpha value is -2.93. The number of hydrogen-bond acceptors (Lipinski definition) is 6. The molecule has 7 nitrogen and oxygen atoms in total. The lowest BCUT2D eigenvalue weighted by atomic mass is 10.2. The van der Waals surface area contributed by atoms with E-state index in [2.05, 4.69) is 34.5 Å². The van der Waals surface area contributed by atoms with Gasteiger partial charge in [-0.3, -0.25) is 9.69 Å². The first kappa shape index (κ1) is 21.8. The molecule has 1 atom stereocenters. The Bertz CT molecular complexity index is 811. The van der Waals surface area contributed by atoms with Gasteiger partial charge in [0.2, 0.25) is 11.7 Å². The molecule has 0 aromatic heterocycles. The molecule has 2 aromatic rings. The highest BCUT2D eigenvalue weighted by Crippen LogP contribution is 2.40. The minimum Gasteiger partial charge on any atom is -0.493 e. The maximum Gasteiger partial charge on any atom is 0.244 e. The summed E-state index contributed by atoms with van der Waals surface area (Å²) in [5.74, 6) is 1.71. The molecular formula is C23H31N3O4. The summed E-state index contributed by atoms with van der Waals surface area (Å²) in [7, 11) is 4.71. The van der Waals surface area contributed by atoms with E-state index < -0.39 is 0 Å². The SMILES string of the molecule is COc1cc(N[C@H](C)C(=O)N2CCN(Cc3ccccc3)CC2)cc(OC)c1OC. The molecule has 2 aromatic carbocycles. The number of piperazine rings is 1. The number of ether oxygens (including phenoxy) is 3. The number of anilines is 1. The zero-order valence-electron chi connectivity index (χ0n) is 18.2. The molecule has 1 amide bonds. The van der Waals surface area contributed by atoms with Crippen LogP contribution < -0.4 is 19.5 Å². The van der Waals surface area contributed by atoms with Crippen molar-refractivity contribution >= 4 is 11.6 Å². The molecule has 7 heteroatoms. The van der Waals surface area contributed by atoms with Crippen molar-refractivity contribution in [3.63, 3.8) is 0 Å². The van der Waals surface area contributed by atoms with Crippen LogP contribution in [-0.4, -0.2) is 69.3 Å². The smallest absolute Gasteiger partial charge is 0.244 e. The number of nitrogens with zero attached hydrogens (tertiary/aromatic N) is 2. The quantitative estimate of drug-likeness (QED) is 0.718. The van der Waals surface area contributed by atoms with Crippen LogP contribution in [0.25, 0.3) is 0 Å². The van der Waals surface area contributed by atoms with Gasteiger partial charge >= 0.3 is 0 Å². The molecule has 0 spiro atoms. The fraction of sp³-hybridized carbons (Fsp3) is 0.435. The lowest BCUT2D eigenvalue weighted by molar-refractivity contribution is -0.133. The zero-order chi connectivity index (χ0) is 21.5. The summed E-state index contributed by atoms with van der Waals surface area (Å²) in [6, 6.07) is 13.7. The molecule has 30 heavy (non-hydrogen) atoms. The van der Waals surface area contributed by atoms with Crippen molar-refractivity contribution in [3.8, 4) is 17.2 Å². The first-order valence-electron chi connectivity index (χ1n) is 10.2. The van der Waals surface area contributed by atoms with Gasteiger partial charge in [0, 0.05) is 50.5 Å². The van der Waals surface area contributed by atoms with Gasteiger partial charge in [-0.2, -0.15) is 0 Å². The zero-order valence-corrected chi connectivity index (χ0v) is 18.2. The van der Waals surface area contributed by atoms with Gasteiger partial charge in [-0.1, -0.05) is 30.3 Å². The number of carbonyl (C=O) groups excluding carboxylic acids is 1. The minimum absolute atomic E-state index is 0.0862. The largest absolute Gasteiger partial charge is 0.493 e. The lowest BCUT2D eigenvalue weighted by Gasteiger charge is -2.36. The van der Waals surface area contributed by atoms with E-state index in [0.717, 1.165) is 38.4 Å². The summed E-state index contributed by atoms with van der Waals surface area (Å²) in [4.78, 5) is 17.3. The molecule has 3 rings (SSSR count). The Morgan fingerprint density at radius 3 is 2.10 bits per heavy atom. The Morgan fingerprint density at radius 2 is 1.57 bits per heavy atom. The van der Waals surface area contributed by atoms with E-state index >= 15 is 0 Å². The van der Waals surface area contributed by atoms with E-state index in [9.17, 15) is 4.79 Å². The average molecular weight is 414 g/mol. The predicted octanol–water partition coefficient (Wildman–Crippen LogP) is 2.86. The fourth-order valence-electron chi connectivity index (χ4n) is 3.72. The minimum atomic E-state index is -0.367. The van der Waals surface area contributed by atoms with Crippen LogP contribution in [0.15, 0.2) is 42.5 Å². The van der Waals surface area contributed by atoms with Crippen molar-refractivity contribution in [2.75, 3.05) is 52.8 Å². The third-order valence-corrected chi connectivity index (χ3v) is 5.35. The molecule has 1 heterocycles. The predicted molar refractivity (Wildman–Crippen MR) is 117 cm³/mol. The number of rotatable bonds is 8. The molecule has 0 unspecified atom stereocenters. The van der Waals surface area contributed by atoms with E-state index in [1.165, 1.54) is 5.56 Å². The first-order valence-corrected chi connectivity index (χ1v) is 10.2. The van der Waals surface area contributed by atoms with E-state index in [1.54, 1.807) is 21.3 Å². The molecular weight excluding hydrogens is 382 g/mol.